The number of thiazole rings is 1. The van der Waals surface area contributed by atoms with E-state index in [1.807, 2.05) is 42.1 Å². The fraction of sp³-hybridized carbons (Fsp3) is 0.176. The van der Waals surface area contributed by atoms with Gasteiger partial charge in [-0.2, -0.15) is 0 Å². The average Bonchev–Trinajstić information content (AvgIpc) is 3.02. The van der Waals surface area contributed by atoms with E-state index in [4.69, 9.17) is 0 Å². The maximum atomic E-state index is 12.6. The van der Waals surface area contributed by atoms with Crippen LogP contribution in [0.1, 0.15) is 28.4 Å². The van der Waals surface area contributed by atoms with Gasteiger partial charge in [0, 0.05) is 16.2 Å². The number of hydrogen-bond acceptors (Lipinski definition) is 4. The van der Waals surface area contributed by atoms with Gasteiger partial charge in [0.2, 0.25) is 0 Å². The molecule has 0 unspecified atom stereocenters. The fourth-order valence-corrected chi connectivity index (χ4v) is 4.57. The van der Waals surface area contributed by atoms with Gasteiger partial charge in [0.1, 0.15) is 0 Å². The van der Waals surface area contributed by atoms with Crippen molar-refractivity contribution in [1.29, 1.82) is 0 Å². The molecule has 0 saturated carbocycles. The molecule has 1 amide bonds. The van der Waals surface area contributed by atoms with Crippen molar-refractivity contribution in [2.75, 3.05) is 5.75 Å². The van der Waals surface area contributed by atoms with Gasteiger partial charge in [-0.1, -0.05) is 18.2 Å². The molecule has 0 spiro atoms. The predicted octanol–water partition coefficient (Wildman–Crippen LogP) is 4.26. The van der Waals surface area contributed by atoms with Crippen LogP contribution in [-0.4, -0.2) is 16.6 Å². The number of carbonyl (C=O) groups excluding carboxylic acids is 1. The molecule has 1 atom stereocenters. The van der Waals surface area contributed by atoms with E-state index in [1.54, 1.807) is 16.8 Å². The van der Waals surface area contributed by atoms with E-state index < -0.39 is 0 Å². The Kier molecular flexibility index (Phi) is 3.60. The molecule has 3 aromatic rings. The largest absolute Gasteiger partial charge is 0.345 e. The Labute approximate surface area is 136 Å². The molecule has 1 N–H and O–H groups in total. The van der Waals surface area contributed by atoms with Crippen molar-refractivity contribution >= 4 is 39.2 Å². The second kappa shape index (κ2) is 5.74. The highest BCUT2D eigenvalue weighted by molar-refractivity contribution is 7.99. The third kappa shape index (κ3) is 2.51. The van der Waals surface area contributed by atoms with Gasteiger partial charge in [0.15, 0.2) is 0 Å². The average molecular weight is 326 g/mol. The lowest BCUT2D eigenvalue weighted by Gasteiger charge is -2.25. The number of carbonyl (C=O) groups is 1. The summed E-state index contributed by atoms with van der Waals surface area (Å²) in [6.45, 7) is 0. The summed E-state index contributed by atoms with van der Waals surface area (Å²) in [5.74, 6) is 1.03. The van der Waals surface area contributed by atoms with Crippen molar-refractivity contribution < 1.29 is 4.79 Å². The normalized spacial score (nSPS) is 17.2. The summed E-state index contributed by atoms with van der Waals surface area (Å²) in [5, 5.41) is 3.18. The van der Waals surface area contributed by atoms with Gasteiger partial charge >= 0.3 is 0 Å². The second-order valence-electron chi connectivity index (χ2n) is 5.24. The van der Waals surface area contributed by atoms with Crippen molar-refractivity contribution in [2.45, 2.75) is 17.4 Å². The molecule has 5 heteroatoms. The topological polar surface area (TPSA) is 42.0 Å². The molecule has 0 fully saturated rings. The van der Waals surface area contributed by atoms with Crippen molar-refractivity contribution in [3.05, 3.63) is 59.1 Å². The van der Waals surface area contributed by atoms with Crippen LogP contribution >= 0.6 is 23.1 Å². The van der Waals surface area contributed by atoms with Crippen molar-refractivity contribution in [3.63, 3.8) is 0 Å². The van der Waals surface area contributed by atoms with Gasteiger partial charge in [0.05, 0.1) is 21.8 Å². The summed E-state index contributed by atoms with van der Waals surface area (Å²) < 4.78 is 1.05. The molecule has 0 bridgehead atoms. The lowest BCUT2D eigenvalue weighted by atomic mass is 10.0. The van der Waals surface area contributed by atoms with Crippen LogP contribution in [0.2, 0.25) is 0 Å². The number of hydrogen-bond donors (Lipinski definition) is 1. The lowest BCUT2D eigenvalue weighted by Crippen LogP contribution is -2.30. The lowest BCUT2D eigenvalue weighted by molar-refractivity contribution is 0.0935. The van der Waals surface area contributed by atoms with Crippen LogP contribution in [0.25, 0.3) is 10.2 Å². The highest BCUT2D eigenvalue weighted by Gasteiger charge is 2.22. The second-order valence-corrected chi connectivity index (χ2v) is 7.26. The Bertz CT molecular complexity index is 843. The maximum absolute atomic E-state index is 12.6. The van der Waals surface area contributed by atoms with E-state index >= 15 is 0 Å². The monoisotopic (exact) mass is 326 g/mol. The first-order chi connectivity index (χ1) is 10.8. The van der Waals surface area contributed by atoms with Crippen LogP contribution in [-0.2, 0) is 0 Å². The third-order valence-electron chi connectivity index (χ3n) is 3.86. The zero-order chi connectivity index (χ0) is 14.9. The zero-order valence-electron chi connectivity index (χ0n) is 11.8. The van der Waals surface area contributed by atoms with E-state index in [0.717, 1.165) is 22.4 Å². The number of aromatic nitrogens is 1. The van der Waals surface area contributed by atoms with Crippen LogP contribution in [0.4, 0.5) is 0 Å². The zero-order valence-corrected chi connectivity index (χ0v) is 13.4. The molecule has 22 heavy (non-hydrogen) atoms. The molecule has 0 radical (unpaired) electrons. The molecule has 4 rings (SSSR count). The van der Waals surface area contributed by atoms with Crippen LogP contribution in [0.3, 0.4) is 0 Å². The Morgan fingerprint density at radius 2 is 2.14 bits per heavy atom. The maximum Gasteiger partial charge on any atom is 0.251 e. The Morgan fingerprint density at radius 1 is 1.23 bits per heavy atom. The van der Waals surface area contributed by atoms with Crippen LogP contribution in [0, 0.1) is 0 Å². The van der Waals surface area contributed by atoms with Crippen LogP contribution in [0.15, 0.2) is 52.9 Å². The molecule has 0 saturated heterocycles. The van der Waals surface area contributed by atoms with Crippen molar-refractivity contribution in [1.82, 2.24) is 10.3 Å². The van der Waals surface area contributed by atoms with Crippen LogP contribution in [0.5, 0.6) is 0 Å². The van der Waals surface area contributed by atoms with Gasteiger partial charge in [-0.3, -0.25) is 4.79 Å². The summed E-state index contributed by atoms with van der Waals surface area (Å²) in [4.78, 5) is 18.1. The van der Waals surface area contributed by atoms with E-state index in [-0.39, 0.29) is 11.9 Å². The molecular weight excluding hydrogens is 312 g/mol. The standard InChI is InChI=1S/C17H14N2OS2/c20-17(11-5-6-14-16(9-11)22-10-18-14)19-13-7-8-21-15-4-2-1-3-12(13)15/h1-6,9-10,13H,7-8H2,(H,19,20)/t13-/m0/s1. The number of rotatable bonds is 2. The fourth-order valence-electron chi connectivity index (χ4n) is 2.73. The molecule has 3 nitrogen and oxygen atoms in total. The summed E-state index contributed by atoms with van der Waals surface area (Å²) in [7, 11) is 0. The van der Waals surface area contributed by atoms with Crippen LogP contribution < -0.4 is 5.32 Å². The number of nitrogens with zero attached hydrogens (tertiary/aromatic N) is 1. The van der Waals surface area contributed by atoms with Crippen molar-refractivity contribution in [3.8, 4) is 0 Å². The first-order valence-corrected chi connectivity index (χ1v) is 9.03. The summed E-state index contributed by atoms with van der Waals surface area (Å²) in [5.41, 5.74) is 4.68. The molecule has 2 heterocycles. The summed E-state index contributed by atoms with van der Waals surface area (Å²) in [6, 6.07) is 14.1. The molecule has 110 valence electrons. The van der Waals surface area contributed by atoms with E-state index in [1.165, 1.54) is 10.5 Å². The third-order valence-corrected chi connectivity index (χ3v) is 5.77. The molecule has 0 aliphatic carbocycles. The Balaban J connectivity index is 1.59. The highest BCUT2D eigenvalue weighted by atomic mass is 32.2. The van der Waals surface area contributed by atoms with Gasteiger partial charge in [-0.15, -0.1) is 23.1 Å². The van der Waals surface area contributed by atoms with Crippen molar-refractivity contribution in [2.24, 2.45) is 0 Å². The molecular formula is C17H14N2OS2. The first-order valence-electron chi connectivity index (χ1n) is 7.17. The van der Waals surface area contributed by atoms with Gasteiger partial charge in [-0.05, 0) is 36.2 Å². The first kappa shape index (κ1) is 13.8. The number of nitrogens with one attached hydrogen (secondary N) is 1. The summed E-state index contributed by atoms with van der Waals surface area (Å²) >= 11 is 3.42. The quantitative estimate of drug-likeness (QED) is 0.765. The van der Waals surface area contributed by atoms with Gasteiger partial charge in [-0.25, -0.2) is 4.98 Å². The minimum atomic E-state index is -0.0120. The Morgan fingerprint density at radius 3 is 3.09 bits per heavy atom. The molecule has 1 aliphatic heterocycles. The molecule has 2 aromatic carbocycles. The smallest absolute Gasteiger partial charge is 0.251 e. The highest BCUT2D eigenvalue weighted by Crippen LogP contribution is 2.36. The number of fused-ring (bicyclic) bond motifs is 2. The molecule has 1 aliphatic rings. The van der Waals surface area contributed by atoms with E-state index in [0.29, 0.717) is 5.56 Å². The molecule has 1 aromatic heterocycles. The minimum Gasteiger partial charge on any atom is -0.345 e. The van der Waals surface area contributed by atoms with E-state index in [9.17, 15) is 4.79 Å². The Hall–Kier alpha value is -1.85. The number of thioether (sulfide) groups is 1. The summed E-state index contributed by atoms with van der Waals surface area (Å²) in [6.07, 6.45) is 0.968. The number of amides is 1. The van der Waals surface area contributed by atoms with E-state index in [2.05, 4.69) is 22.4 Å². The van der Waals surface area contributed by atoms with Gasteiger partial charge < -0.3 is 5.32 Å². The predicted molar refractivity (Wildman–Crippen MR) is 91.6 cm³/mol. The SMILES string of the molecule is O=C(N[C@H]1CCSc2ccccc21)c1ccc2ncsc2c1. The van der Waals surface area contributed by atoms with Gasteiger partial charge in [0.25, 0.3) is 5.91 Å². The number of benzene rings is 2. The minimum absolute atomic E-state index is 0.0120.